The Morgan fingerprint density at radius 1 is 0.768 bits per heavy atom. The van der Waals surface area contributed by atoms with Crippen LogP contribution in [0.1, 0.15) is 63.4 Å². The first-order valence-electron chi connectivity index (χ1n) is 23.5. The first-order chi connectivity index (χ1) is 33.6. The third kappa shape index (κ3) is 10.5. The molecule has 9 rings (SSSR count). The van der Waals surface area contributed by atoms with Crippen molar-refractivity contribution in [2.24, 2.45) is 0 Å². The number of ether oxygens (including phenoxy) is 3. The normalized spacial score (nSPS) is 16.2. The van der Waals surface area contributed by atoms with Crippen LogP contribution in [0.3, 0.4) is 0 Å². The van der Waals surface area contributed by atoms with Gasteiger partial charge in [0.2, 0.25) is 5.91 Å². The lowest BCUT2D eigenvalue weighted by atomic mass is 9.92. The Morgan fingerprint density at radius 2 is 1.51 bits per heavy atom. The number of benzene rings is 3. The van der Waals surface area contributed by atoms with E-state index in [2.05, 4.69) is 73.6 Å². The molecule has 3 amide bonds. The van der Waals surface area contributed by atoms with Gasteiger partial charge in [0.25, 0.3) is 11.8 Å². The lowest BCUT2D eigenvalue weighted by Crippen LogP contribution is -2.49. The number of hydrogen-bond acceptors (Lipinski definition) is 14. The minimum absolute atomic E-state index is 0.0681. The van der Waals surface area contributed by atoms with E-state index in [1.807, 2.05) is 43.1 Å². The van der Waals surface area contributed by atoms with Crippen LogP contribution in [0.4, 0.5) is 17.2 Å². The molecule has 358 valence electrons. The number of aryl methyl sites for hydroxylation is 2. The van der Waals surface area contributed by atoms with Crippen LogP contribution in [0.2, 0.25) is 0 Å². The van der Waals surface area contributed by atoms with Gasteiger partial charge in [0.1, 0.15) is 28.7 Å². The van der Waals surface area contributed by atoms with Gasteiger partial charge in [-0.2, -0.15) is 0 Å². The molecule has 2 aliphatic heterocycles. The monoisotopic (exact) mass is 936 g/mol. The number of carbonyl (C=O) groups is 5. The summed E-state index contributed by atoms with van der Waals surface area (Å²) in [7, 11) is 0. The van der Waals surface area contributed by atoms with Crippen LogP contribution < -0.4 is 15.5 Å². The summed E-state index contributed by atoms with van der Waals surface area (Å²) in [6.45, 7) is 9.65. The smallest absolute Gasteiger partial charge is 0.264 e. The third-order valence-corrected chi connectivity index (χ3v) is 12.9. The number of ketones is 2. The number of carbonyl (C=O) groups excluding carboxylic acids is 5. The van der Waals surface area contributed by atoms with Crippen LogP contribution in [0, 0.1) is 13.8 Å². The molecule has 1 atom stereocenters. The summed E-state index contributed by atoms with van der Waals surface area (Å²) in [6, 6.07) is 27.0. The number of fused-ring (bicyclic) bond motifs is 2. The highest BCUT2D eigenvalue weighted by atomic mass is 16.5. The molecular formula is C52H56N8O9. The molecule has 2 fully saturated rings. The molecule has 0 bridgehead atoms. The molecule has 69 heavy (non-hydrogen) atoms. The number of imide groups is 1. The van der Waals surface area contributed by atoms with Crippen LogP contribution in [0.5, 0.6) is 0 Å². The van der Waals surface area contributed by atoms with Gasteiger partial charge in [0.15, 0.2) is 5.78 Å². The van der Waals surface area contributed by atoms with E-state index in [0.717, 1.165) is 69.0 Å². The number of Topliss-reactive ketones (excluding diaryl/α,β-unsaturated/α-hetero) is 2. The molecule has 1 aliphatic carbocycles. The van der Waals surface area contributed by atoms with E-state index >= 15 is 0 Å². The van der Waals surface area contributed by atoms with Crippen LogP contribution in [0.15, 0.2) is 95.6 Å². The summed E-state index contributed by atoms with van der Waals surface area (Å²) in [5, 5.41) is 11.0. The molecule has 3 aromatic carbocycles. The highest BCUT2D eigenvalue weighted by Crippen LogP contribution is 2.35. The van der Waals surface area contributed by atoms with Crippen molar-refractivity contribution in [3.63, 3.8) is 0 Å². The minimum Gasteiger partial charge on any atom is -0.382 e. The first kappa shape index (κ1) is 46.9. The van der Waals surface area contributed by atoms with Gasteiger partial charge < -0.3 is 39.2 Å². The van der Waals surface area contributed by atoms with Gasteiger partial charge >= 0.3 is 0 Å². The van der Waals surface area contributed by atoms with E-state index in [9.17, 15) is 24.0 Å². The summed E-state index contributed by atoms with van der Waals surface area (Å²) in [6.07, 6.45) is 2.41. The largest absolute Gasteiger partial charge is 0.382 e. The average Bonchev–Trinajstić information content (AvgIpc) is 3.99. The zero-order chi connectivity index (χ0) is 47.9. The number of imidazole rings is 1. The van der Waals surface area contributed by atoms with E-state index in [1.54, 1.807) is 18.2 Å². The van der Waals surface area contributed by atoms with Crippen LogP contribution in [-0.4, -0.2) is 132 Å². The minimum atomic E-state index is -0.914. The van der Waals surface area contributed by atoms with Gasteiger partial charge in [-0.05, 0) is 67.8 Å². The maximum absolute atomic E-state index is 13.3. The van der Waals surface area contributed by atoms with Crippen molar-refractivity contribution in [2.75, 3.05) is 87.9 Å². The summed E-state index contributed by atoms with van der Waals surface area (Å²) >= 11 is 0. The Morgan fingerprint density at radius 3 is 2.23 bits per heavy atom. The molecule has 3 aromatic heterocycles. The van der Waals surface area contributed by atoms with E-state index in [0.29, 0.717) is 77.9 Å². The predicted molar refractivity (Wildman–Crippen MR) is 258 cm³/mol. The second-order valence-electron chi connectivity index (χ2n) is 17.4. The van der Waals surface area contributed by atoms with Crippen molar-refractivity contribution >= 4 is 52.1 Å². The highest BCUT2D eigenvalue weighted by molar-refractivity contribution is 6.25. The van der Waals surface area contributed by atoms with Crippen molar-refractivity contribution in [1.82, 2.24) is 24.3 Å². The van der Waals surface area contributed by atoms with Crippen LogP contribution in [0.25, 0.3) is 28.0 Å². The zero-order valence-electron chi connectivity index (χ0n) is 38.9. The Kier molecular flexibility index (Phi) is 14.5. The van der Waals surface area contributed by atoms with E-state index in [1.165, 1.54) is 5.56 Å². The molecule has 5 heterocycles. The lowest BCUT2D eigenvalue weighted by molar-refractivity contribution is -0.133. The summed E-state index contributed by atoms with van der Waals surface area (Å²) < 4.78 is 24.5. The van der Waals surface area contributed by atoms with Crippen molar-refractivity contribution in [2.45, 2.75) is 52.1 Å². The Balaban J connectivity index is 0.669. The van der Waals surface area contributed by atoms with Crippen LogP contribution >= 0.6 is 0 Å². The topological polar surface area (TPSA) is 190 Å². The molecule has 3 aliphatic rings. The van der Waals surface area contributed by atoms with E-state index < -0.39 is 23.6 Å². The molecule has 1 saturated carbocycles. The quantitative estimate of drug-likeness (QED) is 0.0488. The molecule has 6 aromatic rings. The van der Waals surface area contributed by atoms with Gasteiger partial charge in [0, 0.05) is 74.4 Å². The Labute approximate surface area is 399 Å². The second-order valence-corrected chi connectivity index (χ2v) is 17.4. The summed E-state index contributed by atoms with van der Waals surface area (Å²) in [4.78, 5) is 74.0. The fourth-order valence-electron chi connectivity index (χ4n) is 9.27. The molecule has 17 nitrogen and oxygen atoms in total. The predicted octanol–water partition coefficient (Wildman–Crippen LogP) is 6.37. The number of pyridine rings is 1. The zero-order valence-corrected chi connectivity index (χ0v) is 38.9. The third-order valence-electron chi connectivity index (χ3n) is 12.9. The molecule has 1 unspecified atom stereocenters. The Hall–Kier alpha value is -7.21. The Bertz CT molecular complexity index is 2810. The SMILES string of the molecule is Cc1noc(C)c1-c1ccn2c(NCc3ccccc3)c(-c3ccc(N4CCN(C(=O)CCOCCOCCOCCNc5cccc6c5C(=O)N(C5CCC(=O)CC5=O)C6=O)CC4)cc3)nc2c1. The van der Waals surface area contributed by atoms with Gasteiger partial charge in [-0.15, -0.1) is 0 Å². The fraction of sp³-hybridized carbons (Fsp3) is 0.365. The van der Waals surface area contributed by atoms with Crippen molar-refractivity contribution in [3.05, 3.63) is 119 Å². The van der Waals surface area contributed by atoms with Gasteiger partial charge in [-0.1, -0.05) is 53.7 Å². The number of hydrogen-bond donors (Lipinski definition) is 2. The number of amides is 3. The maximum atomic E-state index is 13.3. The molecule has 17 heteroatoms. The molecular weight excluding hydrogens is 881 g/mol. The van der Waals surface area contributed by atoms with Gasteiger partial charge in [0.05, 0.1) is 75.3 Å². The number of rotatable bonds is 20. The average molecular weight is 937 g/mol. The summed E-state index contributed by atoms with van der Waals surface area (Å²) in [5.41, 5.74) is 8.69. The van der Waals surface area contributed by atoms with E-state index in [-0.39, 0.29) is 42.1 Å². The number of nitrogens with one attached hydrogen (secondary N) is 2. The molecule has 1 saturated heterocycles. The number of nitrogens with zero attached hydrogens (tertiary/aromatic N) is 6. The van der Waals surface area contributed by atoms with Crippen LogP contribution in [-0.2, 0) is 35.1 Å². The summed E-state index contributed by atoms with van der Waals surface area (Å²) in [5.74, 6) is 0.127. The maximum Gasteiger partial charge on any atom is 0.264 e. The number of piperazine rings is 1. The van der Waals surface area contributed by atoms with Crippen molar-refractivity contribution < 1.29 is 42.7 Å². The molecule has 0 radical (unpaired) electrons. The number of aromatic nitrogens is 3. The van der Waals surface area contributed by atoms with E-state index in [4.69, 9.17) is 23.7 Å². The van der Waals surface area contributed by atoms with Gasteiger partial charge in [-0.3, -0.25) is 33.3 Å². The fourth-order valence-corrected chi connectivity index (χ4v) is 9.27. The standard InChI is InChI=1S/C52H56N8O9/c1-34-47(35(2)69-56-34)38-17-20-59-45(31-38)55-49(50(59)54-33-36-7-4-3-5-8-36)37-11-13-39(14-12-37)57-21-23-58(24-22-57)46(63)18-25-66-27-29-68-30-28-67-26-19-53-42-10-6-9-41-48(42)52(65)60(51(41)64)43-16-15-40(61)32-44(43)62/h3-14,17,20,31,43,53-54H,15-16,18-19,21-30,32-33H2,1-2H3. The molecule has 0 spiro atoms. The second kappa shape index (κ2) is 21.4. The lowest BCUT2D eigenvalue weighted by Gasteiger charge is -2.36. The van der Waals surface area contributed by atoms with Gasteiger partial charge in [-0.25, -0.2) is 4.98 Å². The highest BCUT2D eigenvalue weighted by Gasteiger charge is 2.45. The molecule has 2 N–H and O–H groups in total. The van der Waals surface area contributed by atoms with Crippen molar-refractivity contribution in [3.8, 4) is 22.4 Å². The first-order valence-corrected chi connectivity index (χ1v) is 23.5. The van der Waals surface area contributed by atoms with Crippen molar-refractivity contribution in [1.29, 1.82) is 0 Å². The number of anilines is 3.